The second-order valence-corrected chi connectivity index (χ2v) is 4.53. The largest absolute Gasteiger partial charge is 0.496 e. The van der Waals surface area contributed by atoms with Gasteiger partial charge in [-0.15, -0.1) is 0 Å². The SMILES string of the molecule is CCOC(=O)Cc1ccc(OC)c2c1CC(N)C2. The highest BCUT2D eigenvalue weighted by Crippen LogP contribution is 2.33. The van der Waals surface area contributed by atoms with Crippen LogP contribution in [0.3, 0.4) is 0 Å². The Morgan fingerprint density at radius 3 is 2.78 bits per heavy atom. The minimum absolute atomic E-state index is 0.122. The number of nitrogens with two attached hydrogens (primary N) is 1. The molecule has 1 aromatic carbocycles. The van der Waals surface area contributed by atoms with Crippen LogP contribution in [0.2, 0.25) is 0 Å². The maximum Gasteiger partial charge on any atom is 0.310 e. The summed E-state index contributed by atoms with van der Waals surface area (Å²) in [7, 11) is 1.66. The highest BCUT2D eigenvalue weighted by molar-refractivity contribution is 5.73. The first-order chi connectivity index (χ1) is 8.65. The van der Waals surface area contributed by atoms with Crippen molar-refractivity contribution >= 4 is 5.97 Å². The van der Waals surface area contributed by atoms with E-state index in [1.165, 1.54) is 0 Å². The van der Waals surface area contributed by atoms with Gasteiger partial charge in [-0.1, -0.05) is 6.07 Å². The number of carbonyl (C=O) groups is 1. The van der Waals surface area contributed by atoms with Crippen LogP contribution in [0.15, 0.2) is 12.1 Å². The first-order valence-electron chi connectivity index (χ1n) is 6.24. The highest BCUT2D eigenvalue weighted by atomic mass is 16.5. The van der Waals surface area contributed by atoms with Gasteiger partial charge in [0.25, 0.3) is 0 Å². The minimum atomic E-state index is -0.190. The molecule has 0 aliphatic heterocycles. The number of hydrogen-bond acceptors (Lipinski definition) is 4. The summed E-state index contributed by atoms with van der Waals surface area (Å²) in [6.45, 7) is 2.23. The zero-order valence-corrected chi connectivity index (χ0v) is 10.9. The monoisotopic (exact) mass is 249 g/mol. The van der Waals surface area contributed by atoms with Gasteiger partial charge < -0.3 is 15.2 Å². The van der Waals surface area contributed by atoms with Crippen molar-refractivity contribution in [1.82, 2.24) is 0 Å². The van der Waals surface area contributed by atoms with Gasteiger partial charge in [0.05, 0.1) is 20.1 Å². The van der Waals surface area contributed by atoms with Crippen molar-refractivity contribution in [3.05, 3.63) is 28.8 Å². The molecule has 1 atom stereocenters. The molecule has 1 aliphatic carbocycles. The third kappa shape index (κ3) is 2.48. The van der Waals surface area contributed by atoms with E-state index < -0.39 is 0 Å². The lowest BCUT2D eigenvalue weighted by Gasteiger charge is -2.11. The standard InChI is InChI=1S/C14H19NO3/c1-3-18-14(16)6-9-4-5-13(17-2)12-8-10(15)7-11(9)12/h4-5,10H,3,6-8,15H2,1-2H3. The molecule has 4 nitrogen and oxygen atoms in total. The molecule has 0 aromatic heterocycles. The molecule has 0 fully saturated rings. The van der Waals surface area contributed by atoms with Gasteiger partial charge >= 0.3 is 5.97 Å². The molecule has 98 valence electrons. The molecular formula is C14H19NO3. The fourth-order valence-electron chi connectivity index (χ4n) is 2.52. The zero-order chi connectivity index (χ0) is 13.1. The summed E-state index contributed by atoms with van der Waals surface area (Å²) < 4.78 is 10.3. The highest BCUT2D eigenvalue weighted by Gasteiger charge is 2.25. The van der Waals surface area contributed by atoms with E-state index in [9.17, 15) is 4.79 Å². The number of methoxy groups -OCH3 is 1. The number of esters is 1. The fourth-order valence-corrected chi connectivity index (χ4v) is 2.52. The van der Waals surface area contributed by atoms with Crippen molar-refractivity contribution in [3.8, 4) is 5.75 Å². The van der Waals surface area contributed by atoms with Crippen LogP contribution in [0.25, 0.3) is 0 Å². The molecule has 1 aromatic rings. The van der Waals surface area contributed by atoms with Crippen LogP contribution in [0.4, 0.5) is 0 Å². The smallest absolute Gasteiger partial charge is 0.310 e. The average molecular weight is 249 g/mol. The maximum atomic E-state index is 11.6. The second kappa shape index (κ2) is 5.40. The van der Waals surface area contributed by atoms with E-state index in [4.69, 9.17) is 15.2 Å². The Balaban J connectivity index is 2.28. The van der Waals surface area contributed by atoms with Crippen LogP contribution < -0.4 is 10.5 Å². The summed E-state index contributed by atoms with van der Waals surface area (Å²) in [5.74, 6) is 0.677. The summed E-state index contributed by atoms with van der Waals surface area (Å²) in [6.07, 6.45) is 1.93. The Bertz CT molecular complexity index is 457. The molecular weight excluding hydrogens is 230 g/mol. The van der Waals surface area contributed by atoms with Crippen LogP contribution in [-0.2, 0) is 28.8 Å². The Morgan fingerprint density at radius 2 is 2.11 bits per heavy atom. The van der Waals surface area contributed by atoms with Crippen molar-refractivity contribution < 1.29 is 14.3 Å². The summed E-state index contributed by atoms with van der Waals surface area (Å²) in [6, 6.07) is 3.97. The molecule has 0 heterocycles. The van der Waals surface area contributed by atoms with E-state index in [0.29, 0.717) is 13.0 Å². The van der Waals surface area contributed by atoms with Gasteiger partial charge in [-0.3, -0.25) is 4.79 Å². The zero-order valence-electron chi connectivity index (χ0n) is 10.9. The van der Waals surface area contributed by atoms with Gasteiger partial charge in [0.1, 0.15) is 5.75 Å². The van der Waals surface area contributed by atoms with E-state index >= 15 is 0 Å². The molecule has 0 saturated heterocycles. The molecule has 0 saturated carbocycles. The predicted molar refractivity (Wildman–Crippen MR) is 68.7 cm³/mol. The first kappa shape index (κ1) is 12.9. The summed E-state index contributed by atoms with van der Waals surface area (Å²) in [5, 5.41) is 0. The third-order valence-electron chi connectivity index (χ3n) is 3.28. The van der Waals surface area contributed by atoms with Gasteiger partial charge in [-0.05, 0) is 42.5 Å². The van der Waals surface area contributed by atoms with Gasteiger partial charge in [-0.2, -0.15) is 0 Å². The second-order valence-electron chi connectivity index (χ2n) is 4.53. The normalized spacial score (nSPS) is 17.4. The van der Waals surface area contributed by atoms with Crippen molar-refractivity contribution in [2.75, 3.05) is 13.7 Å². The number of hydrogen-bond donors (Lipinski definition) is 1. The lowest BCUT2D eigenvalue weighted by Crippen LogP contribution is -2.19. The van der Waals surface area contributed by atoms with Gasteiger partial charge in [0.2, 0.25) is 0 Å². The minimum Gasteiger partial charge on any atom is -0.496 e. The molecule has 2 rings (SSSR count). The Kier molecular flexibility index (Phi) is 3.87. The predicted octanol–water partition coefficient (Wildman–Crippen LogP) is 1.23. The quantitative estimate of drug-likeness (QED) is 0.815. The van der Waals surface area contributed by atoms with E-state index in [1.807, 2.05) is 19.1 Å². The van der Waals surface area contributed by atoms with Crippen LogP contribution in [0.1, 0.15) is 23.6 Å². The van der Waals surface area contributed by atoms with Crippen LogP contribution in [0, 0.1) is 0 Å². The fraction of sp³-hybridized carbons (Fsp3) is 0.500. The first-order valence-corrected chi connectivity index (χ1v) is 6.24. The van der Waals surface area contributed by atoms with Gasteiger partial charge in [-0.25, -0.2) is 0 Å². The van der Waals surface area contributed by atoms with Crippen LogP contribution in [0.5, 0.6) is 5.75 Å². The molecule has 0 spiro atoms. The van der Waals surface area contributed by atoms with Gasteiger partial charge in [0.15, 0.2) is 0 Å². The molecule has 1 aliphatic rings. The van der Waals surface area contributed by atoms with Crippen molar-refractivity contribution in [2.24, 2.45) is 5.73 Å². The van der Waals surface area contributed by atoms with Crippen molar-refractivity contribution in [1.29, 1.82) is 0 Å². The third-order valence-corrected chi connectivity index (χ3v) is 3.28. The molecule has 0 radical (unpaired) electrons. The molecule has 2 N–H and O–H groups in total. The van der Waals surface area contributed by atoms with E-state index in [2.05, 4.69) is 0 Å². The molecule has 18 heavy (non-hydrogen) atoms. The average Bonchev–Trinajstić information content (AvgIpc) is 2.72. The van der Waals surface area contributed by atoms with E-state index in [-0.39, 0.29) is 12.0 Å². The molecule has 0 bridgehead atoms. The number of benzene rings is 1. The molecule has 1 unspecified atom stereocenters. The van der Waals surface area contributed by atoms with Crippen molar-refractivity contribution in [2.45, 2.75) is 32.2 Å². The van der Waals surface area contributed by atoms with E-state index in [1.54, 1.807) is 7.11 Å². The van der Waals surface area contributed by atoms with Crippen LogP contribution >= 0.6 is 0 Å². The van der Waals surface area contributed by atoms with E-state index in [0.717, 1.165) is 35.3 Å². The number of rotatable bonds is 4. The Labute approximate surface area is 107 Å². The summed E-state index contributed by atoms with van der Waals surface area (Å²) in [4.78, 5) is 11.6. The summed E-state index contributed by atoms with van der Waals surface area (Å²) in [5.41, 5.74) is 9.31. The molecule has 4 heteroatoms. The van der Waals surface area contributed by atoms with Crippen LogP contribution in [-0.4, -0.2) is 25.7 Å². The number of ether oxygens (including phenoxy) is 2. The lowest BCUT2D eigenvalue weighted by atomic mass is 10.00. The molecule has 0 amide bonds. The topological polar surface area (TPSA) is 61.5 Å². The lowest BCUT2D eigenvalue weighted by molar-refractivity contribution is -0.142. The van der Waals surface area contributed by atoms with Gasteiger partial charge in [0, 0.05) is 6.04 Å². The Morgan fingerprint density at radius 1 is 1.39 bits per heavy atom. The van der Waals surface area contributed by atoms with Crippen molar-refractivity contribution in [3.63, 3.8) is 0 Å². The number of fused-ring (bicyclic) bond motifs is 1. The maximum absolute atomic E-state index is 11.6. The number of carbonyl (C=O) groups excluding carboxylic acids is 1. The Hall–Kier alpha value is -1.55. The summed E-state index contributed by atoms with van der Waals surface area (Å²) >= 11 is 0.